The van der Waals surface area contributed by atoms with Crippen LogP contribution in [0.4, 0.5) is 0 Å². The molecule has 0 spiro atoms. The molecule has 0 amide bonds. The molecule has 78 valence electrons. The average molecular weight is 203 g/mol. The largest absolute Gasteiger partial charge is 0.497 e. The number of hydrogen-bond donors (Lipinski definition) is 1. The van der Waals surface area contributed by atoms with Gasteiger partial charge in [0.1, 0.15) is 5.75 Å². The number of hydrogen-bond acceptors (Lipinski definition) is 3. The van der Waals surface area contributed by atoms with E-state index >= 15 is 0 Å². The highest BCUT2D eigenvalue weighted by Crippen LogP contribution is 2.15. The molecule has 1 aromatic heterocycles. The summed E-state index contributed by atoms with van der Waals surface area (Å²) in [6, 6.07) is 7.97. The lowest BCUT2D eigenvalue weighted by Crippen LogP contribution is -1.92. The van der Waals surface area contributed by atoms with Gasteiger partial charge in [0, 0.05) is 6.42 Å². The number of aromatic amines is 1. The third kappa shape index (κ3) is 2.15. The fraction of sp³-hybridized carbons (Fsp3) is 0.273. The molecule has 0 bridgehead atoms. The van der Waals surface area contributed by atoms with E-state index in [0.717, 1.165) is 23.6 Å². The summed E-state index contributed by atoms with van der Waals surface area (Å²) in [5.74, 6) is 0.869. The predicted octanol–water partition coefficient (Wildman–Crippen LogP) is 1.71. The monoisotopic (exact) mass is 203 g/mol. The third-order valence-corrected chi connectivity index (χ3v) is 2.33. The normalized spacial score (nSPS) is 10.3. The highest BCUT2D eigenvalue weighted by molar-refractivity contribution is 5.31. The summed E-state index contributed by atoms with van der Waals surface area (Å²) >= 11 is 0. The van der Waals surface area contributed by atoms with Crippen LogP contribution in [0.3, 0.4) is 0 Å². The number of methoxy groups -OCH3 is 1. The van der Waals surface area contributed by atoms with Crippen LogP contribution >= 0.6 is 0 Å². The predicted molar refractivity (Wildman–Crippen MR) is 56.9 cm³/mol. The zero-order chi connectivity index (χ0) is 10.7. The van der Waals surface area contributed by atoms with Crippen molar-refractivity contribution in [2.45, 2.75) is 13.3 Å². The lowest BCUT2D eigenvalue weighted by Gasteiger charge is -2.02. The first kappa shape index (κ1) is 9.71. The molecule has 2 aromatic rings. The fourth-order valence-corrected chi connectivity index (χ4v) is 1.45. The van der Waals surface area contributed by atoms with E-state index < -0.39 is 0 Å². The summed E-state index contributed by atoms with van der Waals surface area (Å²) in [4.78, 5) is 0. The van der Waals surface area contributed by atoms with Crippen molar-refractivity contribution in [1.29, 1.82) is 0 Å². The van der Waals surface area contributed by atoms with Crippen molar-refractivity contribution >= 4 is 0 Å². The van der Waals surface area contributed by atoms with E-state index in [1.54, 1.807) is 7.11 Å². The van der Waals surface area contributed by atoms with Crippen LogP contribution in [0.15, 0.2) is 24.3 Å². The number of aryl methyl sites for hydroxylation is 1. The van der Waals surface area contributed by atoms with E-state index in [1.165, 1.54) is 5.56 Å². The van der Waals surface area contributed by atoms with Crippen LogP contribution in [0, 0.1) is 6.92 Å². The SMILES string of the molecule is COc1cccc(Cc2n[nH]nc2C)c1. The third-order valence-electron chi connectivity index (χ3n) is 2.33. The lowest BCUT2D eigenvalue weighted by molar-refractivity contribution is 0.414. The molecule has 1 N–H and O–H groups in total. The number of benzene rings is 1. The molecule has 1 heterocycles. The fourth-order valence-electron chi connectivity index (χ4n) is 1.45. The minimum atomic E-state index is 0.777. The van der Waals surface area contributed by atoms with Crippen LogP contribution in [0.2, 0.25) is 0 Å². The molecule has 0 aliphatic heterocycles. The minimum absolute atomic E-state index is 0.777. The molecule has 4 nitrogen and oxygen atoms in total. The van der Waals surface area contributed by atoms with Gasteiger partial charge < -0.3 is 4.74 Å². The summed E-state index contributed by atoms with van der Waals surface area (Å²) in [5.41, 5.74) is 3.09. The quantitative estimate of drug-likeness (QED) is 0.826. The van der Waals surface area contributed by atoms with Crippen LogP contribution in [0.25, 0.3) is 0 Å². The maximum atomic E-state index is 5.16. The van der Waals surface area contributed by atoms with Crippen LogP contribution < -0.4 is 4.74 Å². The Bertz CT molecular complexity index is 451. The van der Waals surface area contributed by atoms with E-state index in [0.29, 0.717) is 0 Å². The molecule has 0 radical (unpaired) electrons. The Labute approximate surface area is 88.3 Å². The summed E-state index contributed by atoms with van der Waals surface area (Å²) in [6.45, 7) is 1.94. The molecule has 2 rings (SSSR count). The zero-order valence-electron chi connectivity index (χ0n) is 8.82. The second kappa shape index (κ2) is 4.13. The van der Waals surface area contributed by atoms with Crippen molar-refractivity contribution in [2.24, 2.45) is 0 Å². The Morgan fingerprint density at radius 3 is 2.87 bits per heavy atom. The molecule has 0 aliphatic carbocycles. The minimum Gasteiger partial charge on any atom is -0.497 e. The maximum Gasteiger partial charge on any atom is 0.119 e. The molecule has 15 heavy (non-hydrogen) atoms. The Balaban J connectivity index is 2.21. The first-order valence-corrected chi connectivity index (χ1v) is 4.79. The van der Waals surface area contributed by atoms with Crippen LogP contribution in [0.1, 0.15) is 17.0 Å². The number of rotatable bonds is 3. The maximum absolute atomic E-state index is 5.16. The van der Waals surface area contributed by atoms with Gasteiger partial charge in [0.2, 0.25) is 0 Å². The number of H-pyrrole nitrogens is 1. The van der Waals surface area contributed by atoms with Crippen LogP contribution in [-0.4, -0.2) is 22.5 Å². The topological polar surface area (TPSA) is 50.8 Å². The Hall–Kier alpha value is -1.84. The van der Waals surface area contributed by atoms with Gasteiger partial charge in [0.15, 0.2) is 0 Å². The standard InChI is InChI=1S/C11H13N3O/c1-8-11(13-14-12-8)7-9-4-3-5-10(6-9)15-2/h3-6H,7H2,1-2H3,(H,12,13,14). The molecular formula is C11H13N3O. The van der Waals surface area contributed by atoms with Crippen molar-refractivity contribution < 1.29 is 4.74 Å². The second-order valence-corrected chi connectivity index (χ2v) is 3.38. The highest BCUT2D eigenvalue weighted by atomic mass is 16.5. The molecule has 0 fully saturated rings. The highest BCUT2D eigenvalue weighted by Gasteiger charge is 2.04. The molecule has 0 atom stereocenters. The van der Waals surface area contributed by atoms with Crippen LogP contribution in [-0.2, 0) is 6.42 Å². The van der Waals surface area contributed by atoms with Gasteiger partial charge in [-0.2, -0.15) is 15.4 Å². The van der Waals surface area contributed by atoms with Gasteiger partial charge >= 0.3 is 0 Å². The first-order valence-electron chi connectivity index (χ1n) is 4.79. The molecule has 0 aliphatic rings. The molecule has 4 heteroatoms. The number of aromatic nitrogens is 3. The molecule has 1 aromatic carbocycles. The van der Waals surface area contributed by atoms with Gasteiger partial charge in [-0.1, -0.05) is 12.1 Å². The number of nitrogens with zero attached hydrogens (tertiary/aromatic N) is 2. The van der Waals surface area contributed by atoms with E-state index in [-0.39, 0.29) is 0 Å². The summed E-state index contributed by atoms with van der Waals surface area (Å²) in [5, 5.41) is 10.7. The Morgan fingerprint density at radius 1 is 1.33 bits per heavy atom. The average Bonchev–Trinajstić information content (AvgIpc) is 2.65. The summed E-state index contributed by atoms with van der Waals surface area (Å²) in [6.07, 6.45) is 0.777. The van der Waals surface area contributed by atoms with Gasteiger partial charge in [-0.15, -0.1) is 0 Å². The Morgan fingerprint density at radius 2 is 2.20 bits per heavy atom. The van der Waals surface area contributed by atoms with Gasteiger partial charge in [-0.25, -0.2) is 0 Å². The van der Waals surface area contributed by atoms with E-state index in [2.05, 4.69) is 21.5 Å². The van der Waals surface area contributed by atoms with Crippen molar-refractivity contribution in [1.82, 2.24) is 15.4 Å². The zero-order valence-corrected chi connectivity index (χ0v) is 8.82. The summed E-state index contributed by atoms with van der Waals surface area (Å²) < 4.78 is 5.16. The van der Waals surface area contributed by atoms with Gasteiger partial charge in [0.05, 0.1) is 18.5 Å². The van der Waals surface area contributed by atoms with Crippen molar-refractivity contribution in [3.8, 4) is 5.75 Å². The van der Waals surface area contributed by atoms with E-state index in [9.17, 15) is 0 Å². The van der Waals surface area contributed by atoms with Gasteiger partial charge in [0.25, 0.3) is 0 Å². The molecular weight excluding hydrogens is 190 g/mol. The smallest absolute Gasteiger partial charge is 0.119 e. The summed E-state index contributed by atoms with van der Waals surface area (Å²) in [7, 11) is 1.67. The first-order chi connectivity index (χ1) is 7.29. The van der Waals surface area contributed by atoms with Crippen LogP contribution in [0.5, 0.6) is 5.75 Å². The van der Waals surface area contributed by atoms with E-state index in [4.69, 9.17) is 4.74 Å². The van der Waals surface area contributed by atoms with E-state index in [1.807, 2.05) is 25.1 Å². The second-order valence-electron chi connectivity index (χ2n) is 3.38. The Kier molecular flexibility index (Phi) is 2.67. The number of ether oxygens (including phenoxy) is 1. The molecule has 0 saturated carbocycles. The van der Waals surface area contributed by atoms with Crippen molar-refractivity contribution in [2.75, 3.05) is 7.11 Å². The van der Waals surface area contributed by atoms with Crippen molar-refractivity contribution in [3.63, 3.8) is 0 Å². The lowest BCUT2D eigenvalue weighted by atomic mass is 10.1. The number of nitrogens with one attached hydrogen (secondary N) is 1. The van der Waals surface area contributed by atoms with Gasteiger partial charge in [-0.05, 0) is 24.6 Å². The van der Waals surface area contributed by atoms with Gasteiger partial charge in [-0.3, -0.25) is 0 Å². The van der Waals surface area contributed by atoms with Crippen molar-refractivity contribution in [3.05, 3.63) is 41.2 Å². The molecule has 0 unspecified atom stereocenters. The molecule has 0 saturated heterocycles.